The lowest BCUT2D eigenvalue weighted by molar-refractivity contribution is 0.134. The van der Waals surface area contributed by atoms with E-state index in [1.165, 1.54) is 38.5 Å². The van der Waals surface area contributed by atoms with Crippen LogP contribution in [0.1, 0.15) is 59.3 Å². The predicted molar refractivity (Wildman–Crippen MR) is 71.0 cm³/mol. The van der Waals surface area contributed by atoms with Crippen LogP contribution >= 0.6 is 0 Å². The third-order valence-electron chi connectivity index (χ3n) is 3.45. The van der Waals surface area contributed by atoms with E-state index in [9.17, 15) is 0 Å². The zero-order valence-corrected chi connectivity index (χ0v) is 11.4. The first-order valence-electron chi connectivity index (χ1n) is 6.84. The van der Waals surface area contributed by atoms with Crippen LogP contribution in [0.15, 0.2) is 12.4 Å². The molecular weight excluding hydrogens is 196 g/mol. The second kappa shape index (κ2) is 6.82. The van der Waals surface area contributed by atoms with Gasteiger partial charge in [-0.05, 0) is 26.7 Å². The Morgan fingerprint density at radius 3 is 2.38 bits per heavy atom. The number of rotatable bonds is 7. The lowest BCUT2D eigenvalue weighted by Crippen LogP contribution is -2.40. The van der Waals surface area contributed by atoms with Crippen molar-refractivity contribution >= 4 is 0 Å². The van der Waals surface area contributed by atoms with Gasteiger partial charge in [0.1, 0.15) is 6.17 Å². The van der Waals surface area contributed by atoms with E-state index in [1.54, 1.807) is 0 Å². The molecule has 0 bridgehead atoms. The molecule has 2 nitrogen and oxygen atoms in total. The summed E-state index contributed by atoms with van der Waals surface area (Å²) in [4.78, 5) is 4.82. The third-order valence-corrected chi connectivity index (χ3v) is 3.45. The molecule has 0 aliphatic carbocycles. The van der Waals surface area contributed by atoms with E-state index < -0.39 is 0 Å². The second-order valence-corrected chi connectivity index (χ2v) is 5.19. The minimum Gasteiger partial charge on any atom is -0.359 e. The molecule has 2 heteroatoms. The zero-order chi connectivity index (χ0) is 12.0. The van der Waals surface area contributed by atoms with Crippen molar-refractivity contribution in [2.24, 2.45) is 0 Å². The predicted octanol–water partition coefficient (Wildman–Crippen LogP) is 3.80. The van der Waals surface area contributed by atoms with Gasteiger partial charge in [-0.15, -0.1) is 0 Å². The van der Waals surface area contributed by atoms with Crippen LogP contribution in [0.2, 0.25) is 0 Å². The molecule has 0 aromatic carbocycles. The maximum atomic E-state index is 2.47. The van der Waals surface area contributed by atoms with Gasteiger partial charge in [-0.1, -0.05) is 32.6 Å². The maximum Gasteiger partial charge on any atom is 0.101 e. The molecule has 0 spiro atoms. The highest BCUT2D eigenvalue weighted by molar-refractivity contribution is 4.96. The van der Waals surface area contributed by atoms with E-state index in [0.717, 1.165) is 0 Å². The van der Waals surface area contributed by atoms with Crippen molar-refractivity contribution in [3.8, 4) is 0 Å². The second-order valence-electron chi connectivity index (χ2n) is 5.19. The summed E-state index contributed by atoms with van der Waals surface area (Å²) < 4.78 is 0. The quantitative estimate of drug-likeness (QED) is 0.607. The number of nitrogens with zero attached hydrogens (tertiary/aromatic N) is 2. The molecule has 0 aromatic heterocycles. The van der Waals surface area contributed by atoms with Gasteiger partial charge in [-0.2, -0.15) is 0 Å². The van der Waals surface area contributed by atoms with Crippen molar-refractivity contribution in [2.45, 2.75) is 71.5 Å². The number of unbranched alkanes of at least 4 members (excludes halogenated alkanes) is 4. The van der Waals surface area contributed by atoms with Gasteiger partial charge in [0.05, 0.1) is 0 Å². The smallest absolute Gasteiger partial charge is 0.101 e. The topological polar surface area (TPSA) is 6.48 Å². The van der Waals surface area contributed by atoms with Crippen molar-refractivity contribution in [3.63, 3.8) is 0 Å². The SMILES string of the molecule is CCCCCCCC1N(C)C=CN1C(C)C. The summed E-state index contributed by atoms with van der Waals surface area (Å²) in [5, 5.41) is 0. The van der Waals surface area contributed by atoms with Crippen molar-refractivity contribution in [2.75, 3.05) is 7.05 Å². The van der Waals surface area contributed by atoms with Crippen molar-refractivity contribution in [1.29, 1.82) is 0 Å². The van der Waals surface area contributed by atoms with Crippen molar-refractivity contribution in [1.82, 2.24) is 9.80 Å². The normalized spacial score (nSPS) is 20.2. The fourth-order valence-corrected chi connectivity index (χ4v) is 2.39. The van der Waals surface area contributed by atoms with Gasteiger partial charge >= 0.3 is 0 Å². The van der Waals surface area contributed by atoms with E-state index in [0.29, 0.717) is 12.2 Å². The number of hydrogen-bond donors (Lipinski definition) is 0. The van der Waals surface area contributed by atoms with E-state index in [4.69, 9.17) is 0 Å². The Kier molecular flexibility index (Phi) is 5.72. The molecule has 1 aliphatic rings. The lowest BCUT2D eigenvalue weighted by Gasteiger charge is -2.33. The molecule has 0 saturated carbocycles. The Labute approximate surface area is 101 Å². The van der Waals surface area contributed by atoms with Crippen LogP contribution in [0.4, 0.5) is 0 Å². The Balaban J connectivity index is 2.24. The highest BCUT2D eigenvalue weighted by Crippen LogP contribution is 2.22. The van der Waals surface area contributed by atoms with Crippen molar-refractivity contribution in [3.05, 3.63) is 12.4 Å². The molecule has 0 amide bonds. The average Bonchev–Trinajstić information content (AvgIpc) is 2.60. The van der Waals surface area contributed by atoms with Gasteiger partial charge < -0.3 is 9.80 Å². The summed E-state index contributed by atoms with van der Waals surface area (Å²) in [6.45, 7) is 6.82. The van der Waals surface area contributed by atoms with Crippen LogP contribution in [0.25, 0.3) is 0 Å². The zero-order valence-electron chi connectivity index (χ0n) is 11.4. The fraction of sp³-hybridized carbons (Fsp3) is 0.857. The Morgan fingerprint density at radius 1 is 1.06 bits per heavy atom. The molecular formula is C14H28N2. The average molecular weight is 224 g/mol. The summed E-state index contributed by atoms with van der Waals surface area (Å²) >= 11 is 0. The molecule has 1 atom stereocenters. The summed E-state index contributed by atoms with van der Waals surface area (Å²) in [7, 11) is 2.19. The molecule has 0 fully saturated rings. The molecule has 0 radical (unpaired) electrons. The highest BCUT2D eigenvalue weighted by Gasteiger charge is 2.24. The lowest BCUT2D eigenvalue weighted by atomic mass is 10.1. The third kappa shape index (κ3) is 3.73. The molecule has 0 aromatic rings. The van der Waals surface area contributed by atoms with Crippen LogP contribution in [0.5, 0.6) is 0 Å². The van der Waals surface area contributed by atoms with E-state index in [-0.39, 0.29) is 0 Å². The molecule has 1 heterocycles. The first kappa shape index (κ1) is 13.4. The molecule has 0 N–H and O–H groups in total. The van der Waals surface area contributed by atoms with Gasteiger partial charge in [0.2, 0.25) is 0 Å². The molecule has 0 saturated heterocycles. The largest absolute Gasteiger partial charge is 0.359 e. The fourth-order valence-electron chi connectivity index (χ4n) is 2.39. The van der Waals surface area contributed by atoms with Gasteiger partial charge in [0.15, 0.2) is 0 Å². The molecule has 94 valence electrons. The van der Waals surface area contributed by atoms with E-state index >= 15 is 0 Å². The minimum absolute atomic E-state index is 0.599. The van der Waals surface area contributed by atoms with Crippen molar-refractivity contribution < 1.29 is 0 Å². The Hall–Kier alpha value is -0.660. The van der Waals surface area contributed by atoms with Crippen LogP contribution in [-0.4, -0.2) is 29.1 Å². The summed E-state index contributed by atoms with van der Waals surface area (Å²) in [6, 6.07) is 0.613. The molecule has 16 heavy (non-hydrogen) atoms. The summed E-state index contributed by atoms with van der Waals surface area (Å²) in [6.07, 6.45) is 13.2. The molecule has 1 unspecified atom stereocenters. The first-order chi connectivity index (χ1) is 7.66. The van der Waals surface area contributed by atoms with Crippen LogP contribution in [0, 0.1) is 0 Å². The van der Waals surface area contributed by atoms with Crippen LogP contribution in [-0.2, 0) is 0 Å². The minimum atomic E-state index is 0.599. The van der Waals surface area contributed by atoms with E-state index in [2.05, 4.69) is 50.0 Å². The standard InChI is InChI=1S/C14H28N2/c1-5-6-7-8-9-10-14-15(4)11-12-16(14)13(2)3/h11-14H,5-10H2,1-4H3. The Bertz CT molecular complexity index is 211. The van der Waals surface area contributed by atoms with Gasteiger partial charge in [-0.25, -0.2) is 0 Å². The highest BCUT2D eigenvalue weighted by atomic mass is 15.4. The first-order valence-corrected chi connectivity index (χ1v) is 6.84. The van der Waals surface area contributed by atoms with E-state index in [1.807, 2.05) is 0 Å². The monoisotopic (exact) mass is 224 g/mol. The maximum absolute atomic E-state index is 2.47. The summed E-state index contributed by atoms with van der Waals surface area (Å²) in [5.74, 6) is 0. The number of hydrogen-bond acceptors (Lipinski definition) is 2. The van der Waals surface area contributed by atoms with Gasteiger partial charge in [-0.3, -0.25) is 0 Å². The Morgan fingerprint density at radius 2 is 1.75 bits per heavy atom. The van der Waals surface area contributed by atoms with Gasteiger partial charge in [0.25, 0.3) is 0 Å². The van der Waals surface area contributed by atoms with Crippen LogP contribution < -0.4 is 0 Å². The molecule has 1 rings (SSSR count). The van der Waals surface area contributed by atoms with Crippen LogP contribution in [0.3, 0.4) is 0 Å². The molecule has 1 aliphatic heterocycles. The van der Waals surface area contributed by atoms with Gasteiger partial charge in [0, 0.05) is 25.5 Å². The summed E-state index contributed by atoms with van der Waals surface area (Å²) in [5.41, 5.74) is 0.